The zero-order chi connectivity index (χ0) is 15.6. The molecule has 0 spiro atoms. The van der Waals surface area contributed by atoms with Crippen LogP contribution in [0.4, 0.5) is 10.5 Å². The third-order valence-corrected chi connectivity index (χ3v) is 4.08. The average molecular weight is 292 g/mol. The maximum atomic E-state index is 11.4. The average Bonchev–Trinajstić information content (AvgIpc) is 2.45. The van der Waals surface area contributed by atoms with Crippen molar-refractivity contribution >= 4 is 11.8 Å². The molecule has 0 aromatic heterocycles. The number of anilines is 1. The Bertz CT molecular complexity index is 510. The molecular formula is C16H24N2O3. The normalized spacial score (nSPS) is 19.7. The molecule has 21 heavy (non-hydrogen) atoms. The number of rotatable bonds is 2. The third kappa shape index (κ3) is 3.47. The van der Waals surface area contributed by atoms with Crippen LogP contribution >= 0.6 is 0 Å². The molecule has 1 atom stereocenters. The number of aliphatic hydroxyl groups excluding tert-OH is 1. The minimum Gasteiger partial charge on any atom is -0.465 e. The smallest absolute Gasteiger partial charge is 0.407 e. The van der Waals surface area contributed by atoms with E-state index in [1.165, 1.54) is 0 Å². The minimum atomic E-state index is -0.848. The van der Waals surface area contributed by atoms with E-state index in [1.807, 2.05) is 24.3 Å². The maximum Gasteiger partial charge on any atom is 0.407 e. The predicted octanol–water partition coefficient (Wildman–Crippen LogP) is 2.39. The molecule has 1 aliphatic rings. The summed E-state index contributed by atoms with van der Waals surface area (Å²) in [4.78, 5) is 15.2. The van der Waals surface area contributed by atoms with Crippen molar-refractivity contribution in [2.75, 3.05) is 24.5 Å². The van der Waals surface area contributed by atoms with E-state index < -0.39 is 6.09 Å². The van der Waals surface area contributed by atoms with Crippen LogP contribution in [0.5, 0.6) is 0 Å². The van der Waals surface area contributed by atoms with Gasteiger partial charge in [0, 0.05) is 25.3 Å². The van der Waals surface area contributed by atoms with E-state index in [2.05, 4.69) is 25.7 Å². The fourth-order valence-electron chi connectivity index (χ4n) is 2.84. The Morgan fingerprint density at radius 2 is 2.05 bits per heavy atom. The number of nitrogens with zero attached hydrogens (tertiary/aromatic N) is 2. The van der Waals surface area contributed by atoms with Crippen LogP contribution in [0, 0.1) is 5.41 Å². The Kier molecular flexibility index (Phi) is 4.42. The Morgan fingerprint density at radius 3 is 2.62 bits per heavy atom. The lowest BCUT2D eigenvalue weighted by molar-refractivity contribution is 0.0748. The summed E-state index contributed by atoms with van der Waals surface area (Å²) in [7, 11) is 0. The summed E-state index contributed by atoms with van der Waals surface area (Å²) >= 11 is 0. The van der Waals surface area contributed by atoms with Gasteiger partial charge in [0.05, 0.1) is 12.6 Å². The molecule has 1 fully saturated rings. The first-order valence-corrected chi connectivity index (χ1v) is 7.27. The van der Waals surface area contributed by atoms with Crippen molar-refractivity contribution in [3.8, 4) is 0 Å². The van der Waals surface area contributed by atoms with Gasteiger partial charge in [-0.05, 0) is 23.1 Å². The number of piperazine rings is 1. The van der Waals surface area contributed by atoms with Gasteiger partial charge in [0.25, 0.3) is 0 Å². The van der Waals surface area contributed by atoms with Gasteiger partial charge in [-0.15, -0.1) is 0 Å². The highest BCUT2D eigenvalue weighted by molar-refractivity contribution is 5.66. The van der Waals surface area contributed by atoms with Crippen LogP contribution in [0.2, 0.25) is 0 Å². The molecule has 0 bridgehead atoms. The number of amides is 1. The predicted molar refractivity (Wildman–Crippen MR) is 82.6 cm³/mol. The summed E-state index contributed by atoms with van der Waals surface area (Å²) in [5.41, 5.74) is 1.80. The van der Waals surface area contributed by atoms with Crippen molar-refractivity contribution < 1.29 is 15.0 Å². The Hall–Kier alpha value is -1.75. The van der Waals surface area contributed by atoms with Gasteiger partial charge in [0.1, 0.15) is 0 Å². The van der Waals surface area contributed by atoms with E-state index in [1.54, 1.807) is 4.90 Å². The summed E-state index contributed by atoms with van der Waals surface area (Å²) in [6, 6.07) is 7.74. The lowest BCUT2D eigenvalue weighted by atomic mass is 9.84. The molecule has 0 saturated carbocycles. The van der Waals surface area contributed by atoms with E-state index in [4.69, 9.17) is 0 Å². The summed E-state index contributed by atoms with van der Waals surface area (Å²) in [5.74, 6) is 0. The number of hydrogen-bond donors (Lipinski definition) is 2. The quantitative estimate of drug-likeness (QED) is 0.878. The van der Waals surface area contributed by atoms with Crippen molar-refractivity contribution in [1.29, 1.82) is 0 Å². The molecule has 5 nitrogen and oxygen atoms in total. The van der Waals surface area contributed by atoms with E-state index in [9.17, 15) is 15.0 Å². The van der Waals surface area contributed by atoms with E-state index in [-0.39, 0.29) is 18.1 Å². The van der Waals surface area contributed by atoms with Gasteiger partial charge >= 0.3 is 6.09 Å². The van der Waals surface area contributed by atoms with Gasteiger partial charge in [-0.2, -0.15) is 0 Å². The topological polar surface area (TPSA) is 64.0 Å². The second-order valence-corrected chi connectivity index (χ2v) is 6.63. The summed E-state index contributed by atoms with van der Waals surface area (Å²) in [6.07, 6.45) is -0.848. The van der Waals surface area contributed by atoms with Crippen LogP contribution in [0.3, 0.4) is 0 Å². The molecule has 1 saturated heterocycles. The molecule has 2 N–H and O–H groups in total. The van der Waals surface area contributed by atoms with E-state index in [0.29, 0.717) is 19.6 Å². The van der Waals surface area contributed by atoms with Gasteiger partial charge in [-0.3, -0.25) is 0 Å². The highest BCUT2D eigenvalue weighted by atomic mass is 16.4. The van der Waals surface area contributed by atoms with Gasteiger partial charge in [0.2, 0.25) is 0 Å². The number of aliphatic hydroxyl groups is 1. The van der Waals surface area contributed by atoms with E-state index >= 15 is 0 Å². The first kappa shape index (κ1) is 15.6. The van der Waals surface area contributed by atoms with Crippen LogP contribution in [0.15, 0.2) is 24.3 Å². The fourth-order valence-corrected chi connectivity index (χ4v) is 2.84. The molecular weight excluding hydrogens is 268 g/mol. The van der Waals surface area contributed by atoms with Crippen molar-refractivity contribution in [1.82, 2.24) is 4.90 Å². The standard InChI is InChI=1S/C16H24N2O3/c1-16(2,3)14-10-17(7-8-18(14)15(20)21)13-6-4-5-12(9-13)11-19/h4-6,9,14,19H,7-8,10-11H2,1-3H3,(H,20,21). The van der Waals surface area contributed by atoms with Crippen molar-refractivity contribution in [2.45, 2.75) is 33.4 Å². The number of carbonyl (C=O) groups is 1. The van der Waals surface area contributed by atoms with Crippen LogP contribution < -0.4 is 4.90 Å². The molecule has 1 aliphatic heterocycles. The Balaban J connectivity index is 2.23. The first-order valence-electron chi connectivity index (χ1n) is 7.27. The number of carboxylic acid groups (broad SMARTS) is 1. The first-order chi connectivity index (χ1) is 9.82. The zero-order valence-corrected chi connectivity index (χ0v) is 12.9. The Morgan fingerprint density at radius 1 is 1.33 bits per heavy atom. The zero-order valence-electron chi connectivity index (χ0n) is 12.9. The molecule has 2 rings (SSSR count). The van der Waals surface area contributed by atoms with Crippen LogP contribution in [-0.2, 0) is 6.61 Å². The summed E-state index contributed by atoms with van der Waals surface area (Å²) in [6.45, 7) is 8.08. The van der Waals surface area contributed by atoms with Crippen molar-refractivity contribution in [2.24, 2.45) is 5.41 Å². The molecule has 116 valence electrons. The Labute approximate surface area is 125 Å². The monoisotopic (exact) mass is 292 g/mol. The van der Waals surface area contributed by atoms with Crippen LogP contribution in [0.1, 0.15) is 26.3 Å². The van der Waals surface area contributed by atoms with Crippen LogP contribution in [0.25, 0.3) is 0 Å². The number of benzene rings is 1. The second kappa shape index (κ2) is 5.93. The molecule has 1 amide bonds. The fraction of sp³-hybridized carbons (Fsp3) is 0.562. The largest absolute Gasteiger partial charge is 0.465 e. The van der Waals surface area contributed by atoms with Crippen LogP contribution in [-0.4, -0.2) is 46.9 Å². The third-order valence-electron chi connectivity index (χ3n) is 4.08. The lowest BCUT2D eigenvalue weighted by Crippen LogP contribution is -2.59. The molecule has 1 aromatic carbocycles. The minimum absolute atomic E-state index is 0.0195. The van der Waals surface area contributed by atoms with Gasteiger partial charge in [0.15, 0.2) is 0 Å². The molecule has 1 aromatic rings. The highest BCUT2D eigenvalue weighted by Gasteiger charge is 2.38. The van der Waals surface area contributed by atoms with Crippen molar-refractivity contribution in [3.05, 3.63) is 29.8 Å². The second-order valence-electron chi connectivity index (χ2n) is 6.63. The molecule has 1 unspecified atom stereocenters. The summed E-state index contributed by atoms with van der Waals surface area (Å²) in [5, 5.41) is 18.6. The number of hydrogen-bond acceptors (Lipinski definition) is 3. The SMILES string of the molecule is CC(C)(C)C1CN(c2cccc(CO)c2)CCN1C(=O)O. The summed E-state index contributed by atoms with van der Waals surface area (Å²) < 4.78 is 0. The molecule has 0 aliphatic carbocycles. The molecule has 0 radical (unpaired) electrons. The van der Waals surface area contributed by atoms with Gasteiger partial charge in [-0.25, -0.2) is 4.79 Å². The maximum absolute atomic E-state index is 11.4. The van der Waals surface area contributed by atoms with Gasteiger partial charge in [-0.1, -0.05) is 32.9 Å². The van der Waals surface area contributed by atoms with Crippen molar-refractivity contribution in [3.63, 3.8) is 0 Å². The molecule has 5 heteroatoms. The van der Waals surface area contributed by atoms with E-state index in [0.717, 1.165) is 11.3 Å². The molecule has 1 heterocycles. The lowest BCUT2D eigenvalue weighted by Gasteiger charge is -2.46. The highest BCUT2D eigenvalue weighted by Crippen LogP contribution is 2.30. The van der Waals surface area contributed by atoms with Gasteiger partial charge < -0.3 is 20.0 Å².